The number of carbonyl (C=O) groups excluding carboxylic acids is 1. The van der Waals surface area contributed by atoms with E-state index in [9.17, 15) is 9.59 Å². The zero-order valence-corrected chi connectivity index (χ0v) is 11.4. The van der Waals surface area contributed by atoms with Gasteiger partial charge in [-0.3, -0.25) is 4.79 Å². The van der Waals surface area contributed by atoms with Crippen molar-refractivity contribution in [1.29, 1.82) is 0 Å². The number of amides is 1. The van der Waals surface area contributed by atoms with E-state index in [1.165, 1.54) is 17.4 Å². The normalized spacial score (nSPS) is 10.1. The summed E-state index contributed by atoms with van der Waals surface area (Å²) in [7, 11) is 0. The fourth-order valence-corrected chi connectivity index (χ4v) is 2.37. The molecule has 0 saturated heterocycles. The van der Waals surface area contributed by atoms with E-state index >= 15 is 0 Å². The molecule has 0 aliphatic carbocycles. The van der Waals surface area contributed by atoms with Gasteiger partial charge in [-0.25, -0.2) is 4.79 Å². The number of benzene rings is 1. The lowest BCUT2D eigenvalue weighted by Gasteiger charge is -2.07. The van der Waals surface area contributed by atoms with Gasteiger partial charge >= 0.3 is 5.97 Å². The largest absolute Gasteiger partial charge is 0.478 e. The molecule has 0 spiro atoms. The first-order valence-electron chi connectivity index (χ1n) is 4.95. The van der Waals surface area contributed by atoms with Gasteiger partial charge in [0, 0.05) is 4.47 Å². The summed E-state index contributed by atoms with van der Waals surface area (Å²) < 4.78 is 0.647. The van der Waals surface area contributed by atoms with Crippen molar-refractivity contribution >= 4 is 44.8 Å². The molecule has 0 radical (unpaired) electrons. The molecule has 0 saturated carbocycles. The molecule has 1 amide bonds. The smallest absolute Gasteiger partial charge is 0.337 e. The van der Waals surface area contributed by atoms with Gasteiger partial charge in [-0.15, -0.1) is 11.3 Å². The van der Waals surface area contributed by atoms with Crippen LogP contribution in [0.4, 0.5) is 5.69 Å². The molecule has 0 atom stereocenters. The Kier molecular flexibility index (Phi) is 3.78. The molecule has 4 nitrogen and oxygen atoms in total. The van der Waals surface area contributed by atoms with Crippen LogP contribution in [0.5, 0.6) is 0 Å². The minimum Gasteiger partial charge on any atom is -0.478 e. The molecule has 1 heterocycles. The average molecular weight is 326 g/mol. The molecule has 1 aromatic carbocycles. The lowest BCUT2D eigenvalue weighted by molar-refractivity contribution is 0.0698. The number of carbonyl (C=O) groups is 2. The molecule has 18 heavy (non-hydrogen) atoms. The minimum absolute atomic E-state index is 0.0503. The second-order valence-electron chi connectivity index (χ2n) is 3.43. The zero-order chi connectivity index (χ0) is 13.1. The number of anilines is 1. The van der Waals surface area contributed by atoms with Crippen molar-refractivity contribution in [3.05, 3.63) is 50.6 Å². The van der Waals surface area contributed by atoms with E-state index in [1.54, 1.807) is 29.6 Å². The van der Waals surface area contributed by atoms with Gasteiger partial charge in [0.05, 0.1) is 16.1 Å². The number of carboxylic acids is 1. The first-order valence-corrected chi connectivity index (χ1v) is 6.63. The number of aromatic carboxylic acids is 1. The Bertz CT molecular complexity index is 595. The summed E-state index contributed by atoms with van der Waals surface area (Å²) in [6.45, 7) is 0. The van der Waals surface area contributed by atoms with E-state index in [0.29, 0.717) is 9.35 Å². The molecular formula is C12H8BrNO3S. The molecule has 92 valence electrons. The Hall–Kier alpha value is -1.66. The molecule has 0 fully saturated rings. The lowest BCUT2D eigenvalue weighted by atomic mass is 10.2. The van der Waals surface area contributed by atoms with Crippen molar-refractivity contribution in [1.82, 2.24) is 0 Å². The second-order valence-corrected chi connectivity index (χ2v) is 5.29. The summed E-state index contributed by atoms with van der Waals surface area (Å²) in [6, 6.07) is 8.13. The van der Waals surface area contributed by atoms with Crippen molar-refractivity contribution in [2.45, 2.75) is 0 Å². The van der Waals surface area contributed by atoms with E-state index in [1.807, 2.05) is 0 Å². The van der Waals surface area contributed by atoms with Crippen LogP contribution in [-0.2, 0) is 0 Å². The number of halogens is 1. The van der Waals surface area contributed by atoms with E-state index in [4.69, 9.17) is 5.11 Å². The van der Waals surface area contributed by atoms with Crippen LogP contribution in [0.3, 0.4) is 0 Å². The molecule has 2 N–H and O–H groups in total. The van der Waals surface area contributed by atoms with Gasteiger partial charge in [0.2, 0.25) is 0 Å². The molecule has 0 bridgehead atoms. The maximum atomic E-state index is 11.8. The number of thiophene rings is 1. The van der Waals surface area contributed by atoms with Crippen molar-refractivity contribution in [2.24, 2.45) is 0 Å². The Labute approximate surface area is 115 Å². The molecule has 0 aliphatic rings. The summed E-state index contributed by atoms with van der Waals surface area (Å²) in [5, 5.41) is 13.4. The molecular weight excluding hydrogens is 318 g/mol. The summed E-state index contributed by atoms with van der Waals surface area (Å²) in [5.41, 5.74) is 0.332. The van der Waals surface area contributed by atoms with Gasteiger partial charge in [0.15, 0.2) is 0 Å². The molecule has 6 heteroatoms. The van der Waals surface area contributed by atoms with Gasteiger partial charge in [0.1, 0.15) is 0 Å². The predicted octanol–water partition coefficient (Wildman–Crippen LogP) is 3.46. The van der Waals surface area contributed by atoms with Crippen LogP contribution >= 0.6 is 27.3 Å². The number of nitrogens with one attached hydrogen (secondary N) is 1. The topological polar surface area (TPSA) is 66.4 Å². The van der Waals surface area contributed by atoms with Gasteiger partial charge in [0.25, 0.3) is 5.91 Å². The van der Waals surface area contributed by atoms with Gasteiger partial charge < -0.3 is 10.4 Å². The van der Waals surface area contributed by atoms with Gasteiger partial charge in [-0.2, -0.15) is 0 Å². The zero-order valence-electron chi connectivity index (χ0n) is 9.01. The summed E-state index contributed by atoms with van der Waals surface area (Å²) in [4.78, 5) is 23.4. The quantitative estimate of drug-likeness (QED) is 0.908. The molecule has 1 aromatic heterocycles. The monoisotopic (exact) mass is 325 g/mol. The number of hydrogen-bond donors (Lipinski definition) is 2. The Balaban J connectivity index is 2.29. The molecule has 0 unspecified atom stereocenters. The highest BCUT2D eigenvalue weighted by atomic mass is 79.9. The number of carboxylic acid groups (broad SMARTS) is 1. The predicted molar refractivity (Wildman–Crippen MR) is 73.4 cm³/mol. The van der Waals surface area contributed by atoms with E-state index in [2.05, 4.69) is 21.2 Å². The third-order valence-electron chi connectivity index (χ3n) is 2.21. The van der Waals surface area contributed by atoms with Crippen molar-refractivity contribution in [3.8, 4) is 0 Å². The van der Waals surface area contributed by atoms with E-state index in [0.717, 1.165) is 0 Å². The van der Waals surface area contributed by atoms with Crippen molar-refractivity contribution in [2.75, 3.05) is 5.32 Å². The van der Waals surface area contributed by atoms with Crippen LogP contribution in [0.1, 0.15) is 20.0 Å². The second kappa shape index (κ2) is 5.32. The molecule has 0 aliphatic heterocycles. The number of rotatable bonds is 3. The third kappa shape index (κ3) is 2.77. The van der Waals surface area contributed by atoms with Gasteiger partial charge in [-0.05, 0) is 29.6 Å². The Morgan fingerprint density at radius 3 is 2.67 bits per heavy atom. The highest BCUT2D eigenvalue weighted by molar-refractivity contribution is 9.10. The highest BCUT2D eigenvalue weighted by Gasteiger charge is 2.14. The van der Waals surface area contributed by atoms with Crippen LogP contribution < -0.4 is 5.32 Å². The Morgan fingerprint density at radius 2 is 2.06 bits per heavy atom. The van der Waals surface area contributed by atoms with Gasteiger partial charge in [-0.1, -0.05) is 22.0 Å². The maximum absolute atomic E-state index is 11.8. The fourth-order valence-electron chi connectivity index (χ4n) is 1.39. The van der Waals surface area contributed by atoms with Crippen LogP contribution in [-0.4, -0.2) is 17.0 Å². The van der Waals surface area contributed by atoms with Crippen LogP contribution in [0.2, 0.25) is 0 Å². The van der Waals surface area contributed by atoms with Crippen LogP contribution in [0.15, 0.2) is 40.2 Å². The van der Waals surface area contributed by atoms with E-state index < -0.39 is 5.97 Å². The standard InChI is InChI=1S/C12H8BrNO3S/c13-7-3-4-9(8(6-7)12(16)17)14-11(15)10-2-1-5-18-10/h1-6H,(H,14,15)(H,16,17). The Morgan fingerprint density at radius 1 is 1.28 bits per heavy atom. The highest BCUT2D eigenvalue weighted by Crippen LogP contribution is 2.22. The minimum atomic E-state index is -1.09. The maximum Gasteiger partial charge on any atom is 0.337 e. The summed E-state index contributed by atoms with van der Waals surface area (Å²) in [5.74, 6) is -1.40. The first-order chi connectivity index (χ1) is 8.58. The number of hydrogen-bond acceptors (Lipinski definition) is 3. The third-order valence-corrected chi connectivity index (χ3v) is 3.57. The first kappa shape index (κ1) is 12.8. The molecule has 2 aromatic rings. The lowest BCUT2D eigenvalue weighted by Crippen LogP contribution is -2.13. The van der Waals surface area contributed by atoms with Crippen molar-refractivity contribution in [3.63, 3.8) is 0 Å². The van der Waals surface area contributed by atoms with E-state index in [-0.39, 0.29) is 17.2 Å². The van der Waals surface area contributed by atoms with Crippen LogP contribution in [0, 0.1) is 0 Å². The average Bonchev–Trinajstić information content (AvgIpc) is 2.84. The summed E-state index contributed by atoms with van der Waals surface area (Å²) in [6.07, 6.45) is 0. The summed E-state index contributed by atoms with van der Waals surface area (Å²) >= 11 is 4.49. The fraction of sp³-hybridized carbons (Fsp3) is 0. The van der Waals surface area contributed by atoms with Crippen molar-refractivity contribution < 1.29 is 14.7 Å². The molecule has 2 rings (SSSR count). The van der Waals surface area contributed by atoms with Crippen LogP contribution in [0.25, 0.3) is 0 Å². The SMILES string of the molecule is O=C(Nc1ccc(Br)cc1C(=O)O)c1cccs1.